The van der Waals surface area contributed by atoms with E-state index in [9.17, 15) is 9.59 Å². The van der Waals surface area contributed by atoms with Gasteiger partial charge >= 0.3 is 0 Å². The van der Waals surface area contributed by atoms with Crippen molar-refractivity contribution in [2.75, 3.05) is 0 Å². The lowest BCUT2D eigenvalue weighted by atomic mass is 10.1. The summed E-state index contributed by atoms with van der Waals surface area (Å²) in [5, 5.41) is 0. The predicted molar refractivity (Wildman–Crippen MR) is 54.0 cm³/mol. The lowest BCUT2D eigenvalue weighted by Crippen LogP contribution is -2.14. The van der Waals surface area contributed by atoms with Crippen LogP contribution in [0.3, 0.4) is 0 Å². The van der Waals surface area contributed by atoms with Crippen molar-refractivity contribution in [1.82, 2.24) is 0 Å². The second-order valence-corrected chi connectivity index (χ2v) is 3.52. The number of hydrogen-bond acceptors (Lipinski definition) is 3. The molecule has 0 aliphatic heterocycles. The fraction of sp³-hybridized carbons (Fsp3) is 0.273. The molecule has 78 valence electrons. The second-order valence-electron chi connectivity index (χ2n) is 3.52. The Balaban J connectivity index is 2.38. The van der Waals surface area contributed by atoms with Crippen LogP contribution >= 0.6 is 0 Å². The highest BCUT2D eigenvalue weighted by molar-refractivity contribution is 6.02. The van der Waals surface area contributed by atoms with E-state index in [4.69, 9.17) is 10.5 Å². The lowest BCUT2D eigenvalue weighted by Gasteiger charge is -2.08. The van der Waals surface area contributed by atoms with Gasteiger partial charge in [0.05, 0.1) is 17.2 Å². The van der Waals surface area contributed by atoms with E-state index in [0.29, 0.717) is 12.0 Å². The average Bonchev–Trinajstić information content (AvgIpc) is 3.01. The van der Waals surface area contributed by atoms with E-state index in [0.717, 1.165) is 12.8 Å². The number of primary amides is 1. The molecule has 0 atom stereocenters. The molecule has 0 unspecified atom stereocenters. The summed E-state index contributed by atoms with van der Waals surface area (Å²) in [5.74, 6) is -0.165. The summed E-state index contributed by atoms with van der Waals surface area (Å²) >= 11 is 0. The zero-order valence-electron chi connectivity index (χ0n) is 8.10. The van der Waals surface area contributed by atoms with Crippen LogP contribution in [0.4, 0.5) is 0 Å². The van der Waals surface area contributed by atoms with Crippen LogP contribution in [0.15, 0.2) is 18.2 Å². The number of rotatable bonds is 4. The van der Waals surface area contributed by atoms with Gasteiger partial charge in [0.25, 0.3) is 0 Å². The Labute approximate surface area is 87.0 Å². The van der Waals surface area contributed by atoms with Crippen LogP contribution in [0.25, 0.3) is 0 Å². The monoisotopic (exact) mass is 205 g/mol. The van der Waals surface area contributed by atoms with Crippen molar-refractivity contribution in [3.05, 3.63) is 29.3 Å². The van der Waals surface area contributed by atoms with E-state index in [-0.39, 0.29) is 17.2 Å². The Bertz CT molecular complexity index is 410. The maximum absolute atomic E-state index is 11.0. The van der Waals surface area contributed by atoms with Gasteiger partial charge in [0.2, 0.25) is 5.91 Å². The fourth-order valence-corrected chi connectivity index (χ4v) is 1.35. The summed E-state index contributed by atoms with van der Waals surface area (Å²) in [6, 6.07) is 4.85. The van der Waals surface area contributed by atoms with Crippen LogP contribution in [-0.2, 0) is 0 Å². The standard InChI is InChI=1S/C11H11NO3/c12-11(14)8-2-1-3-10(9(8)6-13)15-7-4-5-7/h1-3,6-7H,4-5H2,(H2,12,14). The summed E-state index contributed by atoms with van der Waals surface area (Å²) < 4.78 is 5.50. The maximum atomic E-state index is 11.0. The first-order chi connectivity index (χ1) is 7.22. The third-order valence-electron chi connectivity index (χ3n) is 2.27. The molecular weight excluding hydrogens is 194 g/mol. The largest absolute Gasteiger partial charge is 0.490 e. The molecule has 2 N–H and O–H groups in total. The molecule has 4 heteroatoms. The normalized spacial score (nSPS) is 14.7. The van der Waals surface area contributed by atoms with Crippen molar-refractivity contribution in [3.63, 3.8) is 0 Å². The molecule has 0 aromatic heterocycles. The van der Waals surface area contributed by atoms with E-state index in [1.807, 2.05) is 0 Å². The number of aldehydes is 1. The topological polar surface area (TPSA) is 69.4 Å². The average molecular weight is 205 g/mol. The Morgan fingerprint density at radius 1 is 1.47 bits per heavy atom. The second kappa shape index (κ2) is 3.73. The first-order valence-corrected chi connectivity index (χ1v) is 4.77. The first kappa shape index (κ1) is 9.71. The molecule has 1 aromatic rings. The highest BCUT2D eigenvalue weighted by Gasteiger charge is 2.25. The number of carbonyl (C=O) groups excluding carboxylic acids is 2. The van der Waals surface area contributed by atoms with Crippen LogP contribution in [-0.4, -0.2) is 18.3 Å². The minimum absolute atomic E-state index is 0.187. The van der Waals surface area contributed by atoms with E-state index < -0.39 is 5.91 Å². The molecule has 2 rings (SSSR count). The van der Waals surface area contributed by atoms with E-state index in [1.165, 1.54) is 6.07 Å². The highest BCUT2D eigenvalue weighted by Crippen LogP contribution is 2.29. The van der Waals surface area contributed by atoms with Gasteiger partial charge in [-0.15, -0.1) is 0 Å². The van der Waals surface area contributed by atoms with Gasteiger partial charge in [0.15, 0.2) is 6.29 Å². The van der Waals surface area contributed by atoms with Gasteiger partial charge in [-0.2, -0.15) is 0 Å². The molecule has 0 spiro atoms. The number of benzene rings is 1. The van der Waals surface area contributed by atoms with Gasteiger partial charge in [-0.3, -0.25) is 9.59 Å². The van der Waals surface area contributed by atoms with Gasteiger partial charge < -0.3 is 10.5 Å². The minimum atomic E-state index is -0.613. The number of carbonyl (C=O) groups is 2. The summed E-state index contributed by atoms with van der Waals surface area (Å²) in [5.41, 5.74) is 5.61. The Morgan fingerprint density at radius 3 is 2.73 bits per heavy atom. The third kappa shape index (κ3) is 1.98. The molecule has 1 aliphatic rings. The van der Waals surface area contributed by atoms with Crippen molar-refractivity contribution in [2.24, 2.45) is 5.73 Å². The van der Waals surface area contributed by atoms with Crippen LogP contribution in [0, 0.1) is 0 Å². The van der Waals surface area contributed by atoms with Crippen LogP contribution < -0.4 is 10.5 Å². The zero-order chi connectivity index (χ0) is 10.8. The molecule has 15 heavy (non-hydrogen) atoms. The smallest absolute Gasteiger partial charge is 0.249 e. The number of nitrogens with two attached hydrogens (primary N) is 1. The van der Waals surface area contributed by atoms with E-state index in [1.54, 1.807) is 12.1 Å². The lowest BCUT2D eigenvalue weighted by molar-refractivity contribution is 0.0991. The van der Waals surface area contributed by atoms with Gasteiger partial charge in [-0.05, 0) is 25.0 Å². The molecular formula is C11H11NO3. The SMILES string of the molecule is NC(=O)c1cccc(OC2CC2)c1C=O. The molecule has 4 nitrogen and oxygen atoms in total. The van der Waals surface area contributed by atoms with Crippen LogP contribution in [0.2, 0.25) is 0 Å². The van der Waals surface area contributed by atoms with Gasteiger partial charge in [0.1, 0.15) is 5.75 Å². The zero-order valence-corrected chi connectivity index (χ0v) is 8.10. The molecule has 1 aliphatic carbocycles. The van der Waals surface area contributed by atoms with Gasteiger partial charge in [-0.25, -0.2) is 0 Å². The molecule has 0 heterocycles. The number of amides is 1. The molecule has 1 aromatic carbocycles. The van der Waals surface area contributed by atoms with Crippen LogP contribution in [0.5, 0.6) is 5.75 Å². The van der Waals surface area contributed by atoms with Gasteiger partial charge in [-0.1, -0.05) is 6.07 Å². The molecule has 1 fully saturated rings. The van der Waals surface area contributed by atoms with E-state index >= 15 is 0 Å². The summed E-state index contributed by atoms with van der Waals surface area (Å²) in [7, 11) is 0. The van der Waals surface area contributed by atoms with Crippen molar-refractivity contribution >= 4 is 12.2 Å². The Hall–Kier alpha value is -1.84. The Kier molecular flexibility index (Phi) is 2.41. The molecule has 0 saturated heterocycles. The summed E-state index contributed by atoms with van der Waals surface area (Å²) in [6.07, 6.45) is 2.79. The molecule has 1 saturated carbocycles. The van der Waals surface area contributed by atoms with Crippen LogP contribution in [0.1, 0.15) is 33.6 Å². The fourth-order valence-electron chi connectivity index (χ4n) is 1.35. The van der Waals surface area contributed by atoms with E-state index in [2.05, 4.69) is 0 Å². The van der Waals surface area contributed by atoms with Crippen molar-refractivity contribution in [3.8, 4) is 5.75 Å². The maximum Gasteiger partial charge on any atom is 0.249 e. The quantitative estimate of drug-likeness (QED) is 0.749. The third-order valence-corrected chi connectivity index (χ3v) is 2.27. The Morgan fingerprint density at radius 2 is 2.20 bits per heavy atom. The van der Waals surface area contributed by atoms with Gasteiger partial charge in [0, 0.05) is 0 Å². The highest BCUT2D eigenvalue weighted by atomic mass is 16.5. The number of hydrogen-bond donors (Lipinski definition) is 1. The molecule has 0 bridgehead atoms. The van der Waals surface area contributed by atoms with Crippen molar-refractivity contribution in [1.29, 1.82) is 0 Å². The summed E-state index contributed by atoms with van der Waals surface area (Å²) in [6.45, 7) is 0. The molecule has 0 radical (unpaired) electrons. The van der Waals surface area contributed by atoms with Crippen molar-refractivity contribution in [2.45, 2.75) is 18.9 Å². The predicted octanol–water partition coefficient (Wildman–Crippen LogP) is 1.14. The minimum Gasteiger partial charge on any atom is -0.490 e. The summed E-state index contributed by atoms with van der Waals surface area (Å²) in [4.78, 5) is 21.9. The molecule has 1 amide bonds. The first-order valence-electron chi connectivity index (χ1n) is 4.77. The number of ether oxygens (including phenoxy) is 1. The van der Waals surface area contributed by atoms with Crippen molar-refractivity contribution < 1.29 is 14.3 Å².